The average molecular weight is 599 g/mol. The van der Waals surface area contributed by atoms with Gasteiger partial charge in [0.1, 0.15) is 11.4 Å². The van der Waals surface area contributed by atoms with E-state index in [1.807, 2.05) is 42.1 Å². The molecule has 0 atom stereocenters. The minimum absolute atomic E-state index is 0.340. The first-order valence-electron chi connectivity index (χ1n) is 15.1. The highest BCUT2D eigenvalue weighted by Crippen LogP contribution is 2.51. The highest BCUT2D eigenvalue weighted by Gasteiger charge is 2.51. The number of nitrogens with zero attached hydrogens (tertiary/aromatic N) is 8. The number of benzene rings is 2. The summed E-state index contributed by atoms with van der Waals surface area (Å²) in [6.07, 6.45) is 8.42. The second-order valence-corrected chi connectivity index (χ2v) is 12.2. The molecule has 7 rings (SSSR count). The lowest BCUT2D eigenvalue weighted by molar-refractivity contribution is 0.105. The topological polar surface area (TPSA) is 105 Å². The maximum absolute atomic E-state index is 11.1. The monoisotopic (exact) mass is 598 g/mol. The Kier molecular flexibility index (Phi) is 7.26. The normalized spacial score (nSPS) is 17.3. The number of piperazine rings is 1. The lowest BCUT2D eigenvalue weighted by Gasteiger charge is -2.33. The van der Waals surface area contributed by atoms with Crippen LogP contribution in [0.3, 0.4) is 0 Å². The molecule has 0 bridgehead atoms. The Morgan fingerprint density at radius 2 is 1.67 bits per heavy atom. The summed E-state index contributed by atoms with van der Waals surface area (Å²) < 4.78 is 4.20. The van der Waals surface area contributed by atoms with Crippen molar-refractivity contribution in [1.82, 2.24) is 34.3 Å². The Labute approximate surface area is 255 Å². The second-order valence-electron chi connectivity index (χ2n) is 11.8. The summed E-state index contributed by atoms with van der Waals surface area (Å²) in [7, 11) is 0. The number of hydrogen-bond donors (Lipinski definition) is 1. The van der Waals surface area contributed by atoms with E-state index in [9.17, 15) is 4.79 Å². The molecule has 1 spiro atoms. The summed E-state index contributed by atoms with van der Waals surface area (Å²) in [6.45, 7) is 6.71. The third kappa shape index (κ3) is 5.45. The highest BCUT2D eigenvalue weighted by atomic mass is 35.5. The number of carboxylic acid groups (broad SMARTS) is 1. The molecule has 4 heterocycles. The largest absolute Gasteiger partial charge is 0.465 e. The van der Waals surface area contributed by atoms with Crippen LogP contribution in [-0.4, -0.2) is 84.0 Å². The molecule has 2 aromatic carbocycles. The van der Waals surface area contributed by atoms with Crippen LogP contribution in [-0.2, 0) is 12.1 Å². The van der Waals surface area contributed by atoms with Crippen LogP contribution in [0.1, 0.15) is 54.9 Å². The maximum Gasteiger partial charge on any atom is 0.407 e. The van der Waals surface area contributed by atoms with Gasteiger partial charge in [-0.05, 0) is 69.0 Å². The Morgan fingerprint density at radius 3 is 2.42 bits per heavy atom. The molecule has 1 saturated carbocycles. The molecule has 2 fully saturated rings. The molecular formula is C32H35ClN8O2. The van der Waals surface area contributed by atoms with Crippen LogP contribution in [0.25, 0.3) is 16.8 Å². The SMILES string of the molecule is Cc1nnc2n1-c1ccc(-c3cnn(CCCCCN4CCN(C(=O)O)CC4)c3)cc1C(c1ccc(Cl)cc1)=NC21CC1. The van der Waals surface area contributed by atoms with Gasteiger partial charge in [0, 0.05) is 60.6 Å². The van der Waals surface area contributed by atoms with Crippen LogP contribution in [0.4, 0.5) is 4.79 Å². The van der Waals surface area contributed by atoms with E-state index < -0.39 is 6.09 Å². The Balaban J connectivity index is 1.07. The molecule has 4 aromatic rings. The maximum atomic E-state index is 11.1. The van der Waals surface area contributed by atoms with E-state index in [0.717, 1.165) is 104 Å². The summed E-state index contributed by atoms with van der Waals surface area (Å²) in [5, 5.41) is 23.5. The summed E-state index contributed by atoms with van der Waals surface area (Å²) in [5.74, 6) is 1.77. The summed E-state index contributed by atoms with van der Waals surface area (Å²) >= 11 is 6.25. The molecule has 1 aliphatic carbocycles. The first kappa shape index (κ1) is 27.8. The predicted octanol–water partition coefficient (Wildman–Crippen LogP) is 5.40. The predicted molar refractivity (Wildman–Crippen MR) is 165 cm³/mol. The van der Waals surface area contributed by atoms with E-state index >= 15 is 0 Å². The van der Waals surface area contributed by atoms with Gasteiger partial charge in [-0.2, -0.15) is 5.10 Å². The molecule has 0 radical (unpaired) electrons. The van der Waals surface area contributed by atoms with Gasteiger partial charge in [0.2, 0.25) is 0 Å². The van der Waals surface area contributed by atoms with E-state index in [1.54, 1.807) is 0 Å². The van der Waals surface area contributed by atoms with Crippen LogP contribution in [0.15, 0.2) is 59.9 Å². The molecule has 2 aromatic heterocycles. The number of unbranched alkanes of at least 4 members (excludes halogenated alkanes) is 2. The fourth-order valence-electron chi connectivity index (χ4n) is 6.24. The minimum atomic E-state index is -0.814. The Hall–Kier alpha value is -4.02. The van der Waals surface area contributed by atoms with Gasteiger partial charge >= 0.3 is 6.09 Å². The number of amides is 1. The van der Waals surface area contributed by atoms with Crippen LogP contribution in [0.2, 0.25) is 5.02 Å². The van der Waals surface area contributed by atoms with E-state index in [2.05, 4.69) is 49.2 Å². The fourth-order valence-corrected chi connectivity index (χ4v) is 6.37. The summed E-state index contributed by atoms with van der Waals surface area (Å²) in [6, 6.07) is 14.5. The van der Waals surface area contributed by atoms with Crippen molar-refractivity contribution in [2.75, 3.05) is 32.7 Å². The number of aliphatic imine (C=N–C) groups is 1. The van der Waals surface area contributed by atoms with Crippen LogP contribution < -0.4 is 0 Å². The third-order valence-corrected chi connectivity index (χ3v) is 9.12. The van der Waals surface area contributed by atoms with Crippen LogP contribution >= 0.6 is 11.6 Å². The lowest BCUT2D eigenvalue weighted by Crippen LogP contribution is -2.48. The van der Waals surface area contributed by atoms with Crippen molar-refractivity contribution >= 4 is 23.4 Å². The Morgan fingerprint density at radius 1 is 0.930 bits per heavy atom. The molecule has 0 unspecified atom stereocenters. The number of carbonyl (C=O) groups is 1. The molecule has 222 valence electrons. The summed E-state index contributed by atoms with van der Waals surface area (Å²) in [5.41, 5.74) is 5.89. The van der Waals surface area contributed by atoms with Gasteiger partial charge < -0.3 is 10.0 Å². The van der Waals surface area contributed by atoms with Crippen LogP contribution in [0.5, 0.6) is 0 Å². The van der Waals surface area contributed by atoms with E-state index in [4.69, 9.17) is 21.7 Å². The second kappa shape index (κ2) is 11.2. The fraction of sp³-hybridized carbons (Fsp3) is 0.406. The van der Waals surface area contributed by atoms with Crippen molar-refractivity contribution in [2.45, 2.75) is 51.1 Å². The zero-order chi connectivity index (χ0) is 29.6. The first-order valence-corrected chi connectivity index (χ1v) is 15.4. The quantitative estimate of drug-likeness (QED) is 0.272. The number of aromatic nitrogens is 5. The zero-order valence-corrected chi connectivity index (χ0v) is 25.0. The molecule has 3 aliphatic rings. The lowest BCUT2D eigenvalue weighted by atomic mass is 9.96. The van der Waals surface area contributed by atoms with E-state index in [0.29, 0.717) is 18.1 Å². The standard InChI is InChI=1S/C32H35ClN8O2/c1-22-36-37-30-32(11-12-32)35-29(23-5-8-26(33)9-6-23)27-19-24(7-10-28(27)41(22)30)25-20-34-40(21-25)14-4-2-3-13-38-15-17-39(18-16-38)31(42)43/h5-10,19-21H,2-4,11-18H2,1H3,(H,42,43). The van der Waals surface area contributed by atoms with Crippen molar-refractivity contribution in [2.24, 2.45) is 4.99 Å². The van der Waals surface area contributed by atoms with E-state index in [-0.39, 0.29) is 5.54 Å². The number of aryl methyl sites for hydroxylation is 2. The molecule has 43 heavy (non-hydrogen) atoms. The minimum Gasteiger partial charge on any atom is -0.465 e. The van der Waals surface area contributed by atoms with Crippen molar-refractivity contribution in [3.63, 3.8) is 0 Å². The molecule has 1 N–H and O–H groups in total. The highest BCUT2D eigenvalue weighted by molar-refractivity contribution is 6.30. The van der Waals surface area contributed by atoms with Crippen molar-refractivity contribution in [3.8, 4) is 16.8 Å². The van der Waals surface area contributed by atoms with Crippen LogP contribution in [0, 0.1) is 6.92 Å². The Bertz CT molecular complexity index is 1680. The smallest absolute Gasteiger partial charge is 0.407 e. The van der Waals surface area contributed by atoms with Crippen molar-refractivity contribution in [1.29, 1.82) is 0 Å². The third-order valence-electron chi connectivity index (χ3n) is 8.87. The molecule has 2 aliphatic heterocycles. The molecule has 10 nitrogen and oxygen atoms in total. The van der Waals surface area contributed by atoms with Gasteiger partial charge in [-0.15, -0.1) is 10.2 Å². The average Bonchev–Trinajstić information content (AvgIpc) is 3.49. The van der Waals surface area contributed by atoms with Gasteiger partial charge in [0.25, 0.3) is 0 Å². The van der Waals surface area contributed by atoms with Gasteiger partial charge in [-0.1, -0.05) is 36.2 Å². The zero-order valence-electron chi connectivity index (χ0n) is 24.3. The number of fused-ring (bicyclic) bond motifs is 4. The molecular weight excluding hydrogens is 564 g/mol. The number of halogens is 1. The first-order chi connectivity index (χ1) is 20.9. The molecule has 1 amide bonds. The van der Waals surface area contributed by atoms with Gasteiger partial charge in [0.05, 0.1) is 17.6 Å². The van der Waals surface area contributed by atoms with Gasteiger partial charge in [-0.25, -0.2) is 4.79 Å². The number of rotatable bonds is 8. The molecule has 11 heteroatoms. The van der Waals surface area contributed by atoms with Crippen molar-refractivity contribution in [3.05, 3.63) is 82.7 Å². The number of hydrogen-bond acceptors (Lipinski definition) is 6. The van der Waals surface area contributed by atoms with Gasteiger partial charge in [-0.3, -0.25) is 19.1 Å². The van der Waals surface area contributed by atoms with Crippen molar-refractivity contribution < 1.29 is 9.90 Å². The van der Waals surface area contributed by atoms with Gasteiger partial charge in [0.15, 0.2) is 5.82 Å². The molecule has 1 saturated heterocycles. The van der Waals surface area contributed by atoms with E-state index in [1.165, 1.54) is 4.90 Å². The summed E-state index contributed by atoms with van der Waals surface area (Å²) in [4.78, 5) is 20.3.